The minimum Gasteiger partial charge on any atom is -0.493 e. The quantitative estimate of drug-likeness (QED) is 0.779. The van der Waals surface area contributed by atoms with Gasteiger partial charge in [-0.1, -0.05) is 41.4 Å². The maximum absolute atomic E-state index is 12.3. The molecule has 0 aliphatic carbocycles. The van der Waals surface area contributed by atoms with Gasteiger partial charge in [-0.25, -0.2) is 0 Å². The van der Waals surface area contributed by atoms with Crippen molar-refractivity contribution in [3.8, 4) is 5.75 Å². The average Bonchev–Trinajstić information content (AvgIpc) is 2.52. The molecule has 0 radical (unpaired) electrons. The van der Waals surface area contributed by atoms with Crippen LogP contribution in [0.4, 0.5) is 5.69 Å². The first-order valence-corrected chi connectivity index (χ1v) is 7.97. The van der Waals surface area contributed by atoms with Crippen LogP contribution in [-0.4, -0.2) is 17.6 Å². The van der Waals surface area contributed by atoms with Gasteiger partial charge in [0.25, 0.3) is 5.91 Å². The van der Waals surface area contributed by atoms with Crippen LogP contribution < -0.4 is 15.4 Å². The van der Waals surface area contributed by atoms with Gasteiger partial charge in [-0.2, -0.15) is 0 Å². The molecular formula is C16H14Cl2N2O2S. The Morgan fingerprint density at radius 1 is 1.17 bits per heavy atom. The molecule has 4 nitrogen and oxygen atoms in total. The van der Waals surface area contributed by atoms with Gasteiger partial charge in [0.2, 0.25) is 0 Å². The largest absolute Gasteiger partial charge is 0.493 e. The standard InChI is InChI=1S/C16H14Cl2N2O2S/c1-2-22-13-9-4-3-6-10(13)15(21)20-16(23)19-12-8-5-7-11(17)14(12)18/h3-9H,2H2,1H3,(H2,19,20,21,23). The van der Waals surface area contributed by atoms with E-state index in [0.717, 1.165) is 0 Å². The molecule has 2 N–H and O–H groups in total. The zero-order valence-corrected chi connectivity index (χ0v) is 14.6. The Labute approximate surface area is 149 Å². The van der Waals surface area contributed by atoms with Gasteiger partial charge in [-0.05, 0) is 43.4 Å². The highest BCUT2D eigenvalue weighted by Gasteiger charge is 2.14. The summed E-state index contributed by atoms with van der Waals surface area (Å²) in [7, 11) is 0. The van der Waals surface area contributed by atoms with Gasteiger partial charge in [-0.15, -0.1) is 0 Å². The number of carbonyl (C=O) groups excluding carboxylic acids is 1. The molecule has 0 aromatic heterocycles. The van der Waals surface area contributed by atoms with Gasteiger partial charge in [0.15, 0.2) is 5.11 Å². The number of para-hydroxylation sites is 1. The molecule has 1 amide bonds. The molecule has 2 rings (SSSR count). The van der Waals surface area contributed by atoms with Gasteiger partial charge in [0.05, 0.1) is 27.9 Å². The van der Waals surface area contributed by atoms with E-state index in [0.29, 0.717) is 33.7 Å². The summed E-state index contributed by atoms with van der Waals surface area (Å²) in [6, 6.07) is 12.0. The minimum absolute atomic E-state index is 0.116. The SMILES string of the molecule is CCOc1ccccc1C(=O)NC(=S)Nc1cccc(Cl)c1Cl. The number of amides is 1. The molecule has 0 aliphatic rings. The van der Waals surface area contributed by atoms with Gasteiger partial charge in [-0.3, -0.25) is 10.1 Å². The zero-order chi connectivity index (χ0) is 16.8. The molecule has 0 saturated carbocycles. The normalized spacial score (nSPS) is 10.0. The Balaban J connectivity index is 2.08. The predicted octanol–water partition coefficient (Wildman–Crippen LogP) is 4.52. The summed E-state index contributed by atoms with van der Waals surface area (Å²) in [5, 5.41) is 6.28. The molecule has 0 unspecified atom stereocenters. The number of benzene rings is 2. The van der Waals surface area contributed by atoms with Gasteiger partial charge in [0, 0.05) is 0 Å². The van der Waals surface area contributed by atoms with Crippen molar-refractivity contribution >= 4 is 52.1 Å². The van der Waals surface area contributed by atoms with Crippen molar-refractivity contribution in [1.82, 2.24) is 5.32 Å². The Morgan fingerprint density at radius 3 is 2.65 bits per heavy atom. The number of hydrogen-bond donors (Lipinski definition) is 2. The molecule has 0 saturated heterocycles. The lowest BCUT2D eigenvalue weighted by Crippen LogP contribution is -2.34. The molecule has 0 atom stereocenters. The van der Waals surface area contributed by atoms with Crippen molar-refractivity contribution in [1.29, 1.82) is 0 Å². The predicted molar refractivity (Wildman–Crippen MR) is 97.8 cm³/mol. The van der Waals surface area contributed by atoms with Gasteiger partial charge < -0.3 is 10.1 Å². The van der Waals surface area contributed by atoms with Crippen molar-refractivity contribution in [3.63, 3.8) is 0 Å². The third kappa shape index (κ3) is 4.58. The highest BCUT2D eigenvalue weighted by molar-refractivity contribution is 7.80. The summed E-state index contributed by atoms with van der Waals surface area (Å²) in [4.78, 5) is 12.3. The summed E-state index contributed by atoms with van der Waals surface area (Å²) in [5.41, 5.74) is 0.915. The van der Waals surface area contributed by atoms with Crippen molar-refractivity contribution in [2.45, 2.75) is 6.92 Å². The smallest absolute Gasteiger partial charge is 0.261 e. The van der Waals surface area contributed by atoms with E-state index in [9.17, 15) is 4.79 Å². The molecule has 0 spiro atoms. The zero-order valence-electron chi connectivity index (χ0n) is 12.2. The van der Waals surface area contributed by atoms with Crippen LogP contribution in [-0.2, 0) is 0 Å². The molecule has 23 heavy (non-hydrogen) atoms. The monoisotopic (exact) mass is 368 g/mol. The van der Waals surface area contributed by atoms with Crippen LogP contribution in [0.3, 0.4) is 0 Å². The molecule has 120 valence electrons. The number of halogens is 2. The minimum atomic E-state index is -0.371. The average molecular weight is 369 g/mol. The lowest BCUT2D eigenvalue weighted by Gasteiger charge is -2.13. The number of nitrogens with one attached hydrogen (secondary N) is 2. The van der Waals surface area contributed by atoms with Crippen LogP contribution in [0.5, 0.6) is 5.75 Å². The topological polar surface area (TPSA) is 50.4 Å². The van der Waals surface area contributed by atoms with E-state index in [4.69, 9.17) is 40.2 Å². The van der Waals surface area contributed by atoms with Crippen molar-refractivity contribution < 1.29 is 9.53 Å². The van der Waals surface area contributed by atoms with Crippen LogP contribution in [0.2, 0.25) is 10.0 Å². The number of carbonyl (C=O) groups is 1. The van der Waals surface area contributed by atoms with E-state index in [1.165, 1.54) is 0 Å². The Morgan fingerprint density at radius 2 is 1.91 bits per heavy atom. The highest BCUT2D eigenvalue weighted by atomic mass is 35.5. The van der Waals surface area contributed by atoms with E-state index in [1.54, 1.807) is 42.5 Å². The summed E-state index contributed by atoms with van der Waals surface area (Å²) in [6.45, 7) is 2.31. The number of ether oxygens (including phenoxy) is 1. The lowest BCUT2D eigenvalue weighted by atomic mass is 10.2. The summed E-state index contributed by atoms with van der Waals surface area (Å²) in [5.74, 6) is 0.126. The van der Waals surface area contributed by atoms with E-state index < -0.39 is 0 Å². The number of anilines is 1. The molecule has 2 aromatic rings. The molecule has 0 aliphatic heterocycles. The fourth-order valence-electron chi connectivity index (χ4n) is 1.86. The first kappa shape index (κ1) is 17.5. The molecular weight excluding hydrogens is 355 g/mol. The van der Waals surface area contributed by atoms with Crippen molar-refractivity contribution in [3.05, 3.63) is 58.1 Å². The second kappa shape index (κ2) is 8.15. The number of thiocarbonyl (C=S) groups is 1. The Kier molecular flexibility index (Phi) is 6.21. The van der Waals surface area contributed by atoms with E-state index >= 15 is 0 Å². The number of rotatable bonds is 4. The first-order valence-electron chi connectivity index (χ1n) is 6.81. The lowest BCUT2D eigenvalue weighted by molar-refractivity contribution is 0.0974. The van der Waals surface area contributed by atoms with E-state index in [1.807, 2.05) is 6.92 Å². The number of hydrogen-bond acceptors (Lipinski definition) is 3. The second-order valence-corrected chi connectivity index (χ2v) is 5.63. The maximum Gasteiger partial charge on any atom is 0.261 e. The molecule has 0 heterocycles. The fourth-order valence-corrected chi connectivity index (χ4v) is 2.41. The second-order valence-electron chi connectivity index (χ2n) is 4.44. The van der Waals surface area contributed by atoms with Crippen LogP contribution in [0.25, 0.3) is 0 Å². The van der Waals surface area contributed by atoms with Gasteiger partial charge >= 0.3 is 0 Å². The van der Waals surface area contributed by atoms with E-state index in [-0.39, 0.29) is 11.0 Å². The van der Waals surface area contributed by atoms with Crippen LogP contribution in [0.1, 0.15) is 17.3 Å². The third-order valence-corrected chi connectivity index (χ3v) is 3.88. The summed E-state index contributed by atoms with van der Waals surface area (Å²) < 4.78 is 5.43. The summed E-state index contributed by atoms with van der Waals surface area (Å²) in [6.07, 6.45) is 0. The van der Waals surface area contributed by atoms with Gasteiger partial charge in [0.1, 0.15) is 5.75 Å². The molecule has 2 aromatic carbocycles. The van der Waals surface area contributed by atoms with Crippen LogP contribution >= 0.6 is 35.4 Å². The Hall–Kier alpha value is -1.82. The van der Waals surface area contributed by atoms with E-state index in [2.05, 4.69) is 10.6 Å². The Bertz CT molecular complexity index is 738. The molecule has 7 heteroatoms. The van der Waals surface area contributed by atoms with Crippen molar-refractivity contribution in [2.24, 2.45) is 0 Å². The maximum atomic E-state index is 12.3. The third-order valence-electron chi connectivity index (χ3n) is 2.86. The summed E-state index contributed by atoms with van der Waals surface area (Å²) >= 11 is 17.1. The molecule has 0 bridgehead atoms. The highest BCUT2D eigenvalue weighted by Crippen LogP contribution is 2.29. The van der Waals surface area contributed by atoms with Crippen molar-refractivity contribution in [2.75, 3.05) is 11.9 Å². The van der Waals surface area contributed by atoms with Crippen LogP contribution in [0, 0.1) is 0 Å². The first-order chi connectivity index (χ1) is 11.0. The molecule has 0 fully saturated rings. The van der Waals surface area contributed by atoms with Crippen LogP contribution in [0.15, 0.2) is 42.5 Å². The fraction of sp³-hybridized carbons (Fsp3) is 0.125.